The Kier molecular flexibility index (Phi) is 3.86. The lowest BCUT2D eigenvalue weighted by molar-refractivity contribution is -0.124. The maximum absolute atomic E-state index is 11.1. The van der Waals surface area contributed by atoms with Crippen LogP contribution < -0.4 is 5.32 Å². The molecule has 0 spiro atoms. The topological polar surface area (TPSA) is 49.3 Å². The molecule has 0 aliphatic rings. The Morgan fingerprint density at radius 1 is 1.16 bits per heavy atom. The maximum atomic E-state index is 11.1. The third kappa shape index (κ3) is 3.12. The lowest BCUT2D eigenvalue weighted by Crippen LogP contribution is -2.37. The lowest BCUT2D eigenvalue weighted by atomic mass is 9.83. The van der Waals surface area contributed by atoms with Crippen LogP contribution in [0.5, 0.6) is 0 Å². The van der Waals surface area contributed by atoms with Gasteiger partial charge < -0.3 is 10.4 Å². The van der Waals surface area contributed by atoms with Crippen molar-refractivity contribution in [3.8, 4) is 0 Å². The van der Waals surface area contributed by atoms with Crippen molar-refractivity contribution >= 4 is 16.7 Å². The summed E-state index contributed by atoms with van der Waals surface area (Å²) in [6, 6.07) is 14.6. The molecule has 3 nitrogen and oxygen atoms in total. The van der Waals surface area contributed by atoms with E-state index < -0.39 is 6.61 Å². The van der Waals surface area contributed by atoms with E-state index in [1.54, 1.807) is 0 Å². The van der Waals surface area contributed by atoms with E-state index in [2.05, 4.69) is 49.5 Å². The van der Waals surface area contributed by atoms with Crippen LogP contribution in [0.3, 0.4) is 0 Å². The van der Waals surface area contributed by atoms with Crippen LogP contribution in [0.1, 0.15) is 19.4 Å². The highest BCUT2D eigenvalue weighted by Gasteiger charge is 2.21. The molecule has 0 aliphatic heterocycles. The Balaban J connectivity index is 2.24. The first-order chi connectivity index (χ1) is 9.03. The molecule has 2 aromatic rings. The molecular weight excluding hydrogens is 238 g/mol. The van der Waals surface area contributed by atoms with Crippen molar-refractivity contribution in [3.63, 3.8) is 0 Å². The third-order valence-corrected chi connectivity index (χ3v) is 3.40. The average Bonchev–Trinajstić information content (AvgIpc) is 2.44. The molecule has 0 saturated heterocycles. The highest BCUT2D eigenvalue weighted by molar-refractivity contribution is 5.83. The zero-order valence-electron chi connectivity index (χ0n) is 11.3. The van der Waals surface area contributed by atoms with E-state index in [1.807, 2.05) is 12.1 Å². The summed E-state index contributed by atoms with van der Waals surface area (Å²) in [5, 5.41) is 13.9. The lowest BCUT2D eigenvalue weighted by Gasteiger charge is -2.26. The first kappa shape index (κ1) is 13.6. The van der Waals surface area contributed by atoms with Crippen LogP contribution in [0.4, 0.5) is 0 Å². The minimum absolute atomic E-state index is 0.172. The van der Waals surface area contributed by atoms with Crippen molar-refractivity contribution in [1.82, 2.24) is 5.32 Å². The molecule has 0 saturated carbocycles. The zero-order chi connectivity index (χ0) is 13.9. The number of fused-ring (bicyclic) bond motifs is 1. The van der Waals surface area contributed by atoms with Crippen LogP contribution in [0.2, 0.25) is 0 Å². The largest absolute Gasteiger partial charge is 0.387 e. The van der Waals surface area contributed by atoms with Crippen molar-refractivity contribution in [1.29, 1.82) is 0 Å². The maximum Gasteiger partial charge on any atom is 0.245 e. The number of benzene rings is 2. The van der Waals surface area contributed by atoms with E-state index in [4.69, 9.17) is 5.11 Å². The highest BCUT2D eigenvalue weighted by atomic mass is 16.3. The van der Waals surface area contributed by atoms with Gasteiger partial charge in [0.05, 0.1) is 0 Å². The summed E-state index contributed by atoms with van der Waals surface area (Å²) in [4.78, 5) is 11.1. The summed E-state index contributed by atoms with van der Waals surface area (Å²) in [6.45, 7) is 4.20. The summed E-state index contributed by atoms with van der Waals surface area (Å²) in [5.41, 5.74) is 0.999. The quantitative estimate of drug-likeness (QED) is 0.882. The predicted octanol–water partition coefficient (Wildman–Crippen LogP) is 2.23. The molecule has 0 atom stereocenters. The molecule has 0 unspecified atom stereocenters. The van der Waals surface area contributed by atoms with Crippen LogP contribution in [-0.4, -0.2) is 24.2 Å². The molecule has 1 amide bonds. The van der Waals surface area contributed by atoms with Gasteiger partial charge in [0.25, 0.3) is 0 Å². The van der Waals surface area contributed by atoms with Gasteiger partial charge in [0.15, 0.2) is 0 Å². The molecule has 2 N–H and O–H groups in total. The van der Waals surface area contributed by atoms with E-state index >= 15 is 0 Å². The van der Waals surface area contributed by atoms with Gasteiger partial charge in [-0.3, -0.25) is 4.79 Å². The molecule has 2 aromatic carbocycles. The van der Waals surface area contributed by atoms with Crippen LogP contribution in [0, 0.1) is 0 Å². The second-order valence-electron chi connectivity index (χ2n) is 5.38. The van der Waals surface area contributed by atoms with E-state index in [-0.39, 0.29) is 11.3 Å². The first-order valence-corrected chi connectivity index (χ1v) is 6.40. The fourth-order valence-electron chi connectivity index (χ4n) is 2.09. The smallest absolute Gasteiger partial charge is 0.245 e. The SMILES string of the molecule is CC(C)(CNC(=O)CO)c1ccc2ccccc2c1. The van der Waals surface area contributed by atoms with Crippen molar-refractivity contribution in [3.05, 3.63) is 48.0 Å². The Morgan fingerprint density at radius 2 is 1.84 bits per heavy atom. The summed E-state index contributed by atoms with van der Waals surface area (Å²) in [5.74, 6) is -0.339. The number of carbonyl (C=O) groups excluding carboxylic acids is 1. The highest BCUT2D eigenvalue weighted by Crippen LogP contribution is 2.26. The number of hydrogen-bond acceptors (Lipinski definition) is 2. The average molecular weight is 257 g/mol. The molecule has 19 heavy (non-hydrogen) atoms. The summed E-state index contributed by atoms with van der Waals surface area (Å²) >= 11 is 0. The molecule has 0 bridgehead atoms. The minimum Gasteiger partial charge on any atom is -0.387 e. The van der Waals surface area contributed by atoms with E-state index in [9.17, 15) is 4.79 Å². The number of nitrogens with one attached hydrogen (secondary N) is 1. The van der Waals surface area contributed by atoms with Crippen molar-refractivity contribution in [2.45, 2.75) is 19.3 Å². The summed E-state index contributed by atoms with van der Waals surface area (Å²) in [7, 11) is 0. The van der Waals surface area contributed by atoms with Gasteiger partial charge in [-0.25, -0.2) is 0 Å². The standard InChI is InChI=1S/C16H19NO2/c1-16(2,11-17-15(19)10-18)14-8-7-12-5-3-4-6-13(12)9-14/h3-9,18H,10-11H2,1-2H3,(H,17,19). The molecule has 2 rings (SSSR count). The minimum atomic E-state index is -0.464. The van der Waals surface area contributed by atoms with Gasteiger partial charge in [-0.2, -0.15) is 0 Å². The van der Waals surface area contributed by atoms with Gasteiger partial charge in [0.1, 0.15) is 6.61 Å². The molecule has 0 radical (unpaired) electrons. The second-order valence-corrected chi connectivity index (χ2v) is 5.38. The summed E-state index contributed by atoms with van der Waals surface area (Å²) in [6.07, 6.45) is 0. The zero-order valence-corrected chi connectivity index (χ0v) is 11.3. The number of amides is 1. The number of rotatable bonds is 4. The molecule has 0 fully saturated rings. The monoisotopic (exact) mass is 257 g/mol. The van der Waals surface area contributed by atoms with Crippen molar-refractivity contribution < 1.29 is 9.90 Å². The third-order valence-electron chi connectivity index (χ3n) is 3.40. The van der Waals surface area contributed by atoms with E-state index in [1.165, 1.54) is 16.3 Å². The van der Waals surface area contributed by atoms with Gasteiger partial charge in [-0.1, -0.05) is 56.3 Å². The Bertz CT molecular complexity index is 590. The molecule has 0 heterocycles. The van der Waals surface area contributed by atoms with Gasteiger partial charge in [-0.05, 0) is 16.3 Å². The Morgan fingerprint density at radius 3 is 2.53 bits per heavy atom. The van der Waals surface area contributed by atoms with Crippen LogP contribution in [0.25, 0.3) is 10.8 Å². The van der Waals surface area contributed by atoms with Crippen LogP contribution >= 0.6 is 0 Å². The molecule has 0 aromatic heterocycles. The predicted molar refractivity (Wildman–Crippen MR) is 77.1 cm³/mol. The molecular formula is C16H19NO2. The van der Waals surface area contributed by atoms with Crippen molar-refractivity contribution in [2.24, 2.45) is 0 Å². The Hall–Kier alpha value is -1.87. The summed E-state index contributed by atoms with van der Waals surface area (Å²) < 4.78 is 0. The van der Waals surface area contributed by atoms with Crippen molar-refractivity contribution in [2.75, 3.05) is 13.2 Å². The molecule has 3 heteroatoms. The second kappa shape index (κ2) is 5.41. The first-order valence-electron chi connectivity index (χ1n) is 6.40. The van der Waals surface area contributed by atoms with Gasteiger partial charge in [0.2, 0.25) is 5.91 Å². The number of carbonyl (C=O) groups is 1. The van der Waals surface area contributed by atoms with Crippen LogP contribution in [-0.2, 0) is 10.2 Å². The van der Waals surface area contributed by atoms with E-state index in [0.29, 0.717) is 6.54 Å². The fraction of sp³-hybridized carbons (Fsp3) is 0.312. The Labute approximate surface area is 113 Å². The van der Waals surface area contributed by atoms with Gasteiger partial charge in [0, 0.05) is 12.0 Å². The molecule has 0 aliphatic carbocycles. The van der Waals surface area contributed by atoms with E-state index in [0.717, 1.165) is 0 Å². The van der Waals surface area contributed by atoms with Gasteiger partial charge >= 0.3 is 0 Å². The van der Waals surface area contributed by atoms with Gasteiger partial charge in [-0.15, -0.1) is 0 Å². The molecule has 100 valence electrons. The number of aliphatic hydroxyl groups is 1. The normalized spacial score (nSPS) is 11.5. The number of hydrogen-bond donors (Lipinski definition) is 2. The number of aliphatic hydroxyl groups excluding tert-OH is 1. The fourth-order valence-corrected chi connectivity index (χ4v) is 2.09. The van der Waals surface area contributed by atoms with Crippen LogP contribution in [0.15, 0.2) is 42.5 Å².